The number of hydrogen-bond acceptors (Lipinski definition) is 5. The molecule has 0 fully saturated rings. The topological polar surface area (TPSA) is 84.7 Å². The lowest BCUT2D eigenvalue weighted by atomic mass is 9.96. The second kappa shape index (κ2) is 7.43. The number of nitro benzene ring substituents is 1. The summed E-state index contributed by atoms with van der Waals surface area (Å²) in [4.78, 5) is 25.3. The van der Waals surface area contributed by atoms with Crippen LogP contribution >= 0.6 is 0 Å². The second-order valence-electron chi connectivity index (χ2n) is 6.33. The molecular weight excluding hydrogens is 334 g/mol. The summed E-state index contributed by atoms with van der Waals surface area (Å²) in [7, 11) is 1.44. The fourth-order valence-corrected chi connectivity index (χ4v) is 3.24. The summed E-state index contributed by atoms with van der Waals surface area (Å²) >= 11 is 0. The van der Waals surface area contributed by atoms with Crippen LogP contribution < -0.4 is 15.0 Å². The van der Waals surface area contributed by atoms with E-state index in [0.29, 0.717) is 5.75 Å². The van der Waals surface area contributed by atoms with E-state index in [-0.39, 0.29) is 29.9 Å². The van der Waals surface area contributed by atoms with Gasteiger partial charge in [-0.15, -0.1) is 0 Å². The SMILES string of the molecule is COc1ccc(NC(=O)CN2c3ccccc3CC[C@H]2C)c([N+](=O)[O-])c1. The molecule has 0 bridgehead atoms. The van der Waals surface area contributed by atoms with Gasteiger partial charge in [-0.1, -0.05) is 18.2 Å². The molecule has 7 heteroatoms. The molecule has 1 atom stereocenters. The standard InChI is InChI=1S/C19H21N3O4/c1-13-7-8-14-5-3-4-6-17(14)21(13)12-19(23)20-16-10-9-15(26-2)11-18(16)22(24)25/h3-6,9-11,13H,7-8,12H2,1-2H3,(H,20,23)/t13-/m1/s1. The van der Waals surface area contributed by atoms with Crippen molar-refractivity contribution in [3.63, 3.8) is 0 Å². The highest BCUT2D eigenvalue weighted by molar-refractivity contribution is 5.96. The fourth-order valence-electron chi connectivity index (χ4n) is 3.24. The molecule has 0 radical (unpaired) electrons. The molecule has 0 saturated heterocycles. The number of benzene rings is 2. The van der Waals surface area contributed by atoms with E-state index in [0.717, 1.165) is 18.5 Å². The molecule has 0 unspecified atom stereocenters. The minimum atomic E-state index is -0.531. The zero-order valence-corrected chi connectivity index (χ0v) is 14.8. The third kappa shape index (κ3) is 3.61. The summed E-state index contributed by atoms with van der Waals surface area (Å²) in [6.07, 6.45) is 1.95. The number of ether oxygens (including phenoxy) is 1. The Balaban J connectivity index is 1.79. The van der Waals surface area contributed by atoms with Crippen LogP contribution in [0.2, 0.25) is 0 Å². The molecule has 0 aromatic heterocycles. The zero-order valence-electron chi connectivity index (χ0n) is 14.8. The molecule has 3 rings (SSSR count). The normalized spacial score (nSPS) is 15.9. The van der Waals surface area contributed by atoms with Gasteiger partial charge in [-0.25, -0.2) is 0 Å². The largest absolute Gasteiger partial charge is 0.496 e. The molecule has 136 valence electrons. The Labute approximate surface area is 151 Å². The van der Waals surface area contributed by atoms with E-state index in [2.05, 4.69) is 18.3 Å². The molecule has 0 saturated carbocycles. The zero-order chi connectivity index (χ0) is 18.7. The minimum Gasteiger partial charge on any atom is -0.496 e. The van der Waals surface area contributed by atoms with Crippen molar-refractivity contribution in [1.82, 2.24) is 0 Å². The van der Waals surface area contributed by atoms with Crippen LogP contribution in [0.4, 0.5) is 17.1 Å². The van der Waals surface area contributed by atoms with Crippen molar-refractivity contribution in [2.75, 3.05) is 23.9 Å². The van der Waals surface area contributed by atoms with Crippen LogP contribution in [0.25, 0.3) is 0 Å². The Kier molecular flexibility index (Phi) is 5.06. The van der Waals surface area contributed by atoms with E-state index in [1.165, 1.54) is 24.8 Å². The van der Waals surface area contributed by atoms with Crippen molar-refractivity contribution in [3.8, 4) is 5.75 Å². The third-order valence-corrected chi connectivity index (χ3v) is 4.65. The lowest BCUT2D eigenvalue weighted by molar-refractivity contribution is -0.384. The van der Waals surface area contributed by atoms with E-state index < -0.39 is 4.92 Å². The number of hydrogen-bond donors (Lipinski definition) is 1. The maximum Gasteiger partial charge on any atom is 0.296 e. The van der Waals surface area contributed by atoms with Crippen LogP contribution in [0, 0.1) is 10.1 Å². The van der Waals surface area contributed by atoms with Gasteiger partial charge in [0, 0.05) is 11.7 Å². The predicted octanol–water partition coefficient (Wildman–Crippen LogP) is 3.38. The summed E-state index contributed by atoms with van der Waals surface area (Å²) in [6, 6.07) is 12.6. The number of carbonyl (C=O) groups is 1. The number of nitrogens with zero attached hydrogens (tertiary/aromatic N) is 2. The minimum absolute atomic E-state index is 0.140. The molecule has 1 N–H and O–H groups in total. The highest BCUT2D eigenvalue weighted by Gasteiger charge is 2.25. The quantitative estimate of drug-likeness (QED) is 0.656. The number of amides is 1. The number of fused-ring (bicyclic) bond motifs is 1. The molecule has 7 nitrogen and oxygen atoms in total. The van der Waals surface area contributed by atoms with Crippen LogP contribution in [-0.2, 0) is 11.2 Å². The Bertz CT molecular complexity index is 837. The average molecular weight is 355 g/mol. The number of carbonyl (C=O) groups excluding carboxylic acids is 1. The van der Waals surface area contributed by atoms with Gasteiger partial charge >= 0.3 is 0 Å². The smallest absolute Gasteiger partial charge is 0.296 e. The number of anilines is 2. The van der Waals surface area contributed by atoms with Crippen LogP contribution in [0.1, 0.15) is 18.9 Å². The van der Waals surface area contributed by atoms with Crippen molar-refractivity contribution in [2.45, 2.75) is 25.8 Å². The summed E-state index contributed by atoms with van der Waals surface area (Å²) in [5, 5.41) is 13.9. The number of para-hydroxylation sites is 1. The maximum atomic E-state index is 12.6. The highest BCUT2D eigenvalue weighted by Crippen LogP contribution is 2.31. The third-order valence-electron chi connectivity index (χ3n) is 4.65. The Morgan fingerprint density at radius 2 is 2.12 bits per heavy atom. The van der Waals surface area contributed by atoms with Gasteiger partial charge in [-0.2, -0.15) is 0 Å². The van der Waals surface area contributed by atoms with E-state index in [9.17, 15) is 14.9 Å². The van der Waals surface area contributed by atoms with Gasteiger partial charge < -0.3 is 15.0 Å². The molecule has 0 aliphatic carbocycles. The molecule has 26 heavy (non-hydrogen) atoms. The van der Waals surface area contributed by atoms with Crippen LogP contribution in [0.5, 0.6) is 5.75 Å². The van der Waals surface area contributed by atoms with Gasteiger partial charge in [0.25, 0.3) is 5.69 Å². The van der Waals surface area contributed by atoms with Gasteiger partial charge in [0.2, 0.25) is 5.91 Å². The lowest BCUT2D eigenvalue weighted by Crippen LogP contribution is -2.42. The maximum absolute atomic E-state index is 12.6. The molecule has 1 amide bonds. The molecule has 2 aromatic carbocycles. The van der Waals surface area contributed by atoms with Crippen LogP contribution in [0.3, 0.4) is 0 Å². The molecule has 1 aliphatic rings. The molecule has 2 aromatic rings. The monoisotopic (exact) mass is 355 g/mol. The second-order valence-corrected chi connectivity index (χ2v) is 6.33. The summed E-state index contributed by atoms with van der Waals surface area (Å²) < 4.78 is 5.01. The number of nitrogens with one attached hydrogen (secondary N) is 1. The van der Waals surface area contributed by atoms with E-state index in [4.69, 9.17) is 4.74 Å². The van der Waals surface area contributed by atoms with Gasteiger partial charge in [0.15, 0.2) is 0 Å². The Hall–Kier alpha value is -3.09. The van der Waals surface area contributed by atoms with E-state index in [1.54, 1.807) is 6.07 Å². The first-order valence-corrected chi connectivity index (χ1v) is 8.46. The summed E-state index contributed by atoms with van der Waals surface area (Å²) in [6.45, 7) is 2.22. The Morgan fingerprint density at radius 3 is 2.85 bits per heavy atom. The van der Waals surface area contributed by atoms with Crippen LogP contribution in [0.15, 0.2) is 42.5 Å². The van der Waals surface area contributed by atoms with E-state index in [1.807, 2.05) is 23.1 Å². The molecular formula is C19H21N3O4. The number of methoxy groups -OCH3 is 1. The van der Waals surface area contributed by atoms with Gasteiger partial charge in [0.05, 0.1) is 24.6 Å². The van der Waals surface area contributed by atoms with Crippen molar-refractivity contribution < 1.29 is 14.5 Å². The van der Waals surface area contributed by atoms with Crippen molar-refractivity contribution in [2.24, 2.45) is 0 Å². The first-order valence-electron chi connectivity index (χ1n) is 8.46. The number of nitro groups is 1. The van der Waals surface area contributed by atoms with Gasteiger partial charge in [-0.3, -0.25) is 14.9 Å². The first-order chi connectivity index (χ1) is 12.5. The number of rotatable bonds is 5. The average Bonchev–Trinajstić information content (AvgIpc) is 2.64. The lowest BCUT2D eigenvalue weighted by Gasteiger charge is -2.36. The summed E-state index contributed by atoms with van der Waals surface area (Å²) in [5.41, 5.74) is 2.24. The Morgan fingerprint density at radius 1 is 1.35 bits per heavy atom. The molecule has 0 spiro atoms. The fraction of sp³-hybridized carbons (Fsp3) is 0.316. The van der Waals surface area contributed by atoms with Crippen molar-refractivity contribution >= 4 is 23.0 Å². The molecule has 1 heterocycles. The van der Waals surface area contributed by atoms with E-state index >= 15 is 0 Å². The van der Waals surface area contributed by atoms with Gasteiger partial charge in [-0.05, 0) is 43.5 Å². The van der Waals surface area contributed by atoms with Crippen molar-refractivity contribution in [1.29, 1.82) is 0 Å². The molecule has 1 aliphatic heterocycles. The van der Waals surface area contributed by atoms with Crippen LogP contribution in [-0.4, -0.2) is 30.5 Å². The van der Waals surface area contributed by atoms with Crippen molar-refractivity contribution in [3.05, 3.63) is 58.1 Å². The summed E-state index contributed by atoms with van der Waals surface area (Å²) in [5.74, 6) is 0.0788. The predicted molar refractivity (Wildman–Crippen MR) is 99.8 cm³/mol. The van der Waals surface area contributed by atoms with Gasteiger partial charge in [0.1, 0.15) is 11.4 Å². The first kappa shape index (κ1) is 17.7. The number of aryl methyl sites for hydroxylation is 1. The highest BCUT2D eigenvalue weighted by atomic mass is 16.6.